The molecule has 0 saturated heterocycles. The van der Waals surface area contributed by atoms with Crippen LogP contribution in [-0.4, -0.2) is 12.0 Å². The van der Waals surface area contributed by atoms with E-state index in [-0.39, 0.29) is 0 Å². The van der Waals surface area contributed by atoms with Gasteiger partial charge >= 0.3 is 0 Å². The normalized spacial score (nSPS) is 16.5. The number of halogens is 1. The maximum absolute atomic E-state index is 5.99. The number of anilines is 1. The fraction of sp³-hybridized carbons (Fsp3) is 0.364. The first-order valence-electron chi connectivity index (χ1n) is 5.02. The third-order valence-electron chi connectivity index (χ3n) is 2.40. The van der Waals surface area contributed by atoms with Crippen molar-refractivity contribution in [3.05, 3.63) is 28.8 Å². The molecule has 3 nitrogen and oxygen atoms in total. The van der Waals surface area contributed by atoms with Gasteiger partial charge < -0.3 is 11.1 Å². The lowest BCUT2D eigenvalue weighted by Gasteiger charge is -2.09. The molecule has 1 aromatic rings. The van der Waals surface area contributed by atoms with Gasteiger partial charge in [-0.15, -0.1) is 0 Å². The summed E-state index contributed by atoms with van der Waals surface area (Å²) in [6.07, 6.45) is 2.30. The Bertz CT molecular complexity index is 397. The quantitative estimate of drug-likeness (QED) is 0.598. The lowest BCUT2D eigenvalue weighted by atomic mass is 10.2. The molecule has 0 atom stereocenters. The van der Waals surface area contributed by atoms with Crippen LogP contribution in [0.15, 0.2) is 23.2 Å². The first-order chi connectivity index (χ1) is 7.16. The van der Waals surface area contributed by atoms with Crippen LogP contribution in [0, 0.1) is 6.92 Å². The van der Waals surface area contributed by atoms with Crippen molar-refractivity contribution in [2.75, 3.05) is 5.32 Å². The largest absolute Gasteiger partial charge is 0.370 e. The second kappa shape index (κ2) is 4.11. The fourth-order valence-electron chi connectivity index (χ4n) is 1.31. The van der Waals surface area contributed by atoms with Crippen molar-refractivity contribution in [2.45, 2.75) is 25.8 Å². The number of aliphatic imine (C=N–C) groups is 1. The molecule has 1 saturated carbocycles. The highest BCUT2D eigenvalue weighted by molar-refractivity contribution is 6.31. The van der Waals surface area contributed by atoms with Crippen molar-refractivity contribution in [3.63, 3.8) is 0 Å². The number of hydrogen-bond acceptors (Lipinski definition) is 1. The van der Waals surface area contributed by atoms with E-state index in [0.29, 0.717) is 12.0 Å². The van der Waals surface area contributed by atoms with Crippen molar-refractivity contribution in [1.82, 2.24) is 0 Å². The Morgan fingerprint density at radius 1 is 1.53 bits per heavy atom. The summed E-state index contributed by atoms with van der Waals surface area (Å²) in [6, 6.07) is 6.12. The van der Waals surface area contributed by atoms with E-state index in [2.05, 4.69) is 10.3 Å². The van der Waals surface area contributed by atoms with Gasteiger partial charge in [0.05, 0.1) is 6.04 Å². The molecule has 0 unspecified atom stereocenters. The Kier molecular flexibility index (Phi) is 2.82. The predicted octanol–water partition coefficient (Wildman–Crippen LogP) is 2.54. The van der Waals surface area contributed by atoms with Crippen molar-refractivity contribution < 1.29 is 0 Å². The predicted molar refractivity (Wildman–Crippen MR) is 64.5 cm³/mol. The summed E-state index contributed by atoms with van der Waals surface area (Å²) in [6.45, 7) is 1.95. The first kappa shape index (κ1) is 10.3. The second-order valence-corrected chi connectivity index (χ2v) is 4.19. The van der Waals surface area contributed by atoms with Gasteiger partial charge in [0, 0.05) is 10.7 Å². The summed E-state index contributed by atoms with van der Waals surface area (Å²) in [5.41, 5.74) is 7.68. The standard InChI is InChI=1S/C11H14ClN3/c1-7-9(12)3-2-4-10(7)15-11(13)14-8-5-6-8/h2-4,8H,5-6H2,1H3,(H3,13,14,15). The summed E-state index contributed by atoms with van der Waals surface area (Å²) >= 11 is 5.99. The molecule has 2 rings (SSSR count). The van der Waals surface area contributed by atoms with E-state index < -0.39 is 0 Å². The SMILES string of the molecule is Cc1c(Cl)cccc1NC(N)=NC1CC1. The van der Waals surface area contributed by atoms with E-state index in [4.69, 9.17) is 17.3 Å². The summed E-state index contributed by atoms with van der Waals surface area (Å²) in [5, 5.41) is 3.80. The molecule has 4 heteroatoms. The van der Waals surface area contributed by atoms with Gasteiger partial charge in [-0.1, -0.05) is 17.7 Å². The highest BCUT2D eigenvalue weighted by atomic mass is 35.5. The minimum atomic E-state index is 0.428. The zero-order chi connectivity index (χ0) is 10.8. The van der Waals surface area contributed by atoms with Crippen LogP contribution in [0.25, 0.3) is 0 Å². The molecule has 3 N–H and O–H groups in total. The van der Waals surface area contributed by atoms with Gasteiger partial charge in [-0.3, -0.25) is 0 Å². The van der Waals surface area contributed by atoms with Crippen LogP contribution in [0.2, 0.25) is 5.02 Å². The van der Waals surface area contributed by atoms with E-state index in [1.165, 1.54) is 0 Å². The minimum Gasteiger partial charge on any atom is -0.370 e. The molecule has 0 aromatic heterocycles. The van der Waals surface area contributed by atoms with Crippen molar-refractivity contribution in [3.8, 4) is 0 Å². The molecule has 0 spiro atoms. The molecule has 1 aliphatic rings. The smallest absolute Gasteiger partial charge is 0.193 e. The summed E-state index contributed by atoms with van der Waals surface area (Å²) in [5.74, 6) is 0.475. The molecule has 0 bridgehead atoms. The minimum absolute atomic E-state index is 0.428. The molecule has 1 fully saturated rings. The number of nitrogens with two attached hydrogens (primary N) is 1. The van der Waals surface area contributed by atoms with Gasteiger partial charge in [0.1, 0.15) is 0 Å². The van der Waals surface area contributed by atoms with E-state index in [0.717, 1.165) is 29.1 Å². The zero-order valence-corrected chi connectivity index (χ0v) is 9.38. The number of nitrogens with zero attached hydrogens (tertiary/aromatic N) is 1. The Balaban J connectivity index is 2.12. The van der Waals surface area contributed by atoms with Crippen LogP contribution in [0.3, 0.4) is 0 Å². The van der Waals surface area contributed by atoms with Gasteiger partial charge in [-0.05, 0) is 37.5 Å². The lowest BCUT2D eigenvalue weighted by molar-refractivity contribution is 1.06. The van der Waals surface area contributed by atoms with Crippen LogP contribution < -0.4 is 11.1 Å². The Hall–Kier alpha value is -1.22. The van der Waals surface area contributed by atoms with E-state index in [9.17, 15) is 0 Å². The number of benzene rings is 1. The van der Waals surface area contributed by atoms with Crippen LogP contribution in [0.1, 0.15) is 18.4 Å². The zero-order valence-electron chi connectivity index (χ0n) is 8.63. The second-order valence-electron chi connectivity index (χ2n) is 3.78. The molecular weight excluding hydrogens is 210 g/mol. The highest BCUT2D eigenvalue weighted by Gasteiger charge is 2.20. The van der Waals surface area contributed by atoms with Crippen LogP contribution >= 0.6 is 11.6 Å². The van der Waals surface area contributed by atoms with E-state index in [1.54, 1.807) is 0 Å². The molecule has 80 valence electrons. The van der Waals surface area contributed by atoms with Crippen LogP contribution in [0.4, 0.5) is 5.69 Å². The summed E-state index contributed by atoms with van der Waals surface area (Å²) < 4.78 is 0. The molecular formula is C11H14ClN3. The topological polar surface area (TPSA) is 50.4 Å². The fourth-order valence-corrected chi connectivity index (χ4v) is 1.49. The van der Waals surface area contributed by atoms with Crippen LogP contribution in [-0.2, 0) is 0 Å². The summed E-state index contributed by atoms with van der Waals surface area (Å²) in [4.78, 5) is 4.29. The third-order valence-corrected chi connectivity index (χ3v) is 2.81. The molecule has 1 aliphatic carbocycles. The highest BCUT2D eigenvalue weighted by Crippen LogP contribution is 2.25. The monoisotopic (exact) mass is 223 g/mol. The van der Waals surface area contributed by atoms with Crippen molar-refractivity contribution >= 4 is 23.2 Å². The molecule has 0 amide bonds. The van der Waals surface area contributed by atoms with Gasteiger partial charge in [-0.2, -0.15) is 0 Å². The number of nitrogens with one attached hydrogen (secondary N) is 1. The summed E-state index contributed by atoms with van der Waals surface area (Å²) in [7, 11) is 0. The first-order valence-corrected chi connectivity index (χ1v) is 5.40. The van der Waals surface area contributed by atoms with Gasteiger partial charge in [-0.25, -0.2) is 4.99 Å². The average molecular weight is 224 g/mol. The van der Waals surface area contributed by atoms with Gasteiger partial charge in [0.2, 0.25) is 0 Å². The number of guanidine groups is 1. The maximum atomic E-state index is 5.99. The molecule has 0 radical (unpaired) electrons. The molecule has 1 aromatic carbocycles. The van der Waals surface area contributed by atoms with Crippen molar-refractivity contribution in [1.29, 1.82) is 0 Å². The maximum Gasteiger partial charge on any atom is 0.193 e. The lowest BCUT2D eigenvalue weighted by Crippen LogP contribution is -2.23. The molecule has 0 heterocycles. The van der Waals surface area contributed by atoms with E-state index in [1.807, 2.05) is 25.1 Å². The molecule has 15 heavy (non-hydrogen) atoms. The van der Waals surface area contributed by atoms with E-state index >= 15 is 0 Å². The number of hydrogen-bond donors (Lipinski definition) is 2. The Morgan fingerprint density at radius 3 is 2.93 bits per heavy atom. The van der Waals surface area contributed by atoms with Crippen molar-refractivity contribution in [2.24, 2.45) is 10.7 Å². The Labute approximate surface area is 94.3 Å². The number of rotatable bonds is 2. The molecule has 0 aliphatic heterocycles. The van der Waals surface area contributed by atoms with Crippen LogP contribution in [0.5, 0.6) is 0 Å². The Morgan fingerprint density at radius 2 is 2.27 bits per heavy atom. The van der Waals surface area contributed by atoms with Gasteiger partial charge in [0.25, 0.3) is 0 Å². The average Bonchev–Trinajstić information content (AvgIpc) is 2.97. The van der Waals surface area contributed by atoms with Gasteiger partial charge in [0.15, 0.2) is 5.96 Å². The third kappa shape index (κ3) is 2.63.